The highest BCUT2D eigenvalue weighted by molar-refractivity contribution is 5.90. The monoisotopic (exact) mass is 292 g/mol. The van der Waals surface area contributed by atoms with E-state index in [9.17, 15) is 4.79 Å². The Labute approximate surface area is 130 Å². The molecule has 0 radical (unpaired) electrons. The van der Waals surface area contributed by atoms with Gasteiger partial charge in [0.1, 0.15) is 0 Å². The largest absolute Gasteiger partial charge is 0.358 e. The molecule has 0 bridgehead atoms. The number of nitrogens with zero attached hydrogens (tertiary/aromatic N) is 1. The van der Waals surface area contributed by atoms with Gasteiger partial charge in [0.25, 0.3) is 0 Å². The third kappa shape index (κ3) is 2.89. The van der Waals surface area contributed by atoms with Crippen molar-refractivity contribution >= 4 is 16.8 Å². The Morgan fingerprint density at radius 2 is 1.73 bits per heavy atom. The Hall–Kier alpha value is -2.55. The number of aromatic amines is 1. The van der Waals surface area contributed by atoms with Crippen LogP contribution in [0.5, 0.6) is 0 Å². The number of aromatic nitrogens is 1. The van der Waals surface area contributed by atoms with Crippen molar-refractivity contribution in [2.75, 3.05) is 7.05 Å². The van der Waals surface area contributed by atoms with Gasteiger partial charge in [0, 0.05) is 30.2 Å². The normalized spacial score (nSPS) is 10.8. The first kappa shape index (κ1) is 14.4. The van der Waals surface area contributed by atoms with E-state index in [0.29, 0.717) is 13.0 Å². The van der Waals surface area contributed by atoms with Crippen molar-refractivity contribution in [1.82, 2.24) is 9.88 Å². The fraction of sp³-hybridized carbons (Fsp3) is 0.211. The van der Waals surface area contributed by atoms with Crippen molar-refractivity contribution in [1.29, 1.82) is 0 Å². The van der Waals surface area contributed by atoms with E-state index in [4.69, 9.17) is 0 Å². The smallest absolute Gasteiger partial charge is 0.227 e. The van der Waals surface area contributed by atoms with Crippen LogP contribution in [0.1, 0.15) is 16.8 Å². The summed E-state index contributed by atoms with van der Waals surface area (Å²) >= 11 is 0. The van der Waals surface area contributed by atoms with Crippen molar-refractivity contribution in [2.24, 2.45) is 0 Å². The van der Waals surface area contributed by atoms with Crippen LogP contribution in [0, 0.1) is 6.92 Å². The highest BCUT2D eigenvalue weighted by Gasteiger charge is 2.15. The molecule has 1 aromatic heterocycles. The molecule has 3 heteroatoms. The van der Waals surface area contributed by atoms with Crippen LogP contribution in [-0.2, 0) is 17.8 Å². The number of amides is 1. The topological polar surface area (TPSA) is 36.1 Å². The van der Waals surface area contributed by atoms with Crippen LogP contribution in [0.25, 0.3) is 10.9 Å². The van der Waals surface area contributed by atoms with Crippen molar-refractivity contribution in [3.63, 3.8) is 0 Å². The summed E-state index contributed by atoms with van der Waals surface area (Å²) in [6.45, 7) is 2.67. The van der Waals surface area contributed by atoms with E-state index in [0.717, 1.165) is 27.7 Å². The van der Waals surface area contributed by atoms with E-state index in [2.05, 4.69) is 11.1 Å². The quantitative estimate of drug-likeness (QED) is 0.782. The summed E-state index contributed by atoms with van der Waals surface area (Å²) in [4.78, 5) is 17.7. The molecule has 112 valence electrons. The Bertz CT molecular complexity index is 790. The molecule has 1 heterocycles. The zero-order chi connectivity index (χ0) is 15.5. The lowest BCUT2D eigenvalue weighted by molar-refractivity contribution is -0.129. The van der Waals surface area contributed by atoms with Crippen molar-refractivity contribution in [3.05, 3.63) is 71.4 Å². The van der Waals surface area contributed by atoms with Crippen LogP contribution in [0.2, 0.25) is 0 Å². The van der Waals surface area contributed by atoms with Crippen molar-refractivity contribution in [3.8, 4) is 0 Å². The highest BCUT2D eigenvalue weighted by atomic mass is 16.2. The number of likely N-dealkylation sites (N-methyl/N-ethyl adjacent to an activating group) is 1. The standard InChI is InChI=1S/C19H20N2O/c1-14-17(16-10-6-7-11-18(16)20-14)12-19(22)21(2)13-15-8-4-3-5-9-15/h3-11,20H,12-13H2,1-2H3. The molecule has 3 nitrogen and oxygen atoms in total. The van der Waals surface area contributed by atoms with Gasteiger partial charge in [0.2, 0.25) is 5.91 Å². The van der Waals surface area contributed by atoms with Gasteiger partial charge in [-0.3, -0.25) is 4.79 Å². The second kappa shape index (κ2) is 6.06. The maximum Gasteiger partial charge on any atom is 0.227 e. The van der Waals surface area contributed by atoms with E-state index in [1.165, 1.54) is 0 Å². The Kier molecular flexibility index (Phi) is 3.96. The van der Waals surface area contributed by atoms with Crippen LogP contribution < -0.4 is 0 Å². The Morgan fingerprint density at radius 1 is 1.05 bits per heavy atom. The van der Waals surface area contributed by atoms with Crippen molar-refractivity contribution < 1.29 is 4.79 Å². The summed E-state index contributed by atoms with van der Waals surface area (Å²) in [5.74, 6) is 0.136. The molecule has 1 N–H and O–H groups in total. The zero-order valence-electron chi connectivity index (χ0n) is 13.0. The number of nitrogens with one attached hydrogen (secondary N) is 1. The first-order chi connectivity index (χ1) is 10.6. The number of hydrogen-bond acceptors (Lipinski definition) is 1. The lowest BCUT2D eigenvalue weighted by Crippen LogP contribution is -2.27. The number of carbonyl (C=O) groups is 1. The molecular weight excluding hydrogens is 272 g/mol. The van der Waals surface area contributed by atoms with E-state index < -0.39 is 0 Å². The predicted molar refractivity (Wildman–Crippen MR) is 89.7 cm³/mol. The first-order valence-corrected chi connectivity index (χ1v) is 7.49. The van der Waals surface area contributed by atoms with Gasteiger partial charge in [-0.2, -0.15) is 0 Å². The Morgan fingerprint density at radius 3 is 2.50 bits per heavy atom. The average molecular weight is 292 g/mol. The number of benzene rings is 2. The van der Waals surface area contributed by atoms with Crippen LogP contribution in [0.4, 0.5) is 0 Å². The molecular formula is C19H20N2O. The summed E-state index contributed by atoms with van der Waals surface area (Å²) in [6.07, 6.45) is 0.430. The molecule has 3 aromatic rings. The van der Waals surface area contributed by atoms with Crippen LogP contribution >= 0.6 is 0 Å². The number of rotatable bonds is 4. The fourth-order valence-corrected chi connectivity index (χ4v) is 2.79. The summed E-state index contributed by atoms with van der Waals surface area (Å²) in [6, 6.07) is 18.2. The number of para-hydroxylation sites is 1. The number of hydrogen-bond donors (Lipinski definition) is 1. The summed E-state index contributed by atoms with van der Waals surface area (Å²) < 4.78 is 0. The van der Waals surface area contributed by atoms with Crippen LogP contribution in [-0.4, -0.2) is 22.8 Å². The minimum absolute atomic E-state index is 0.136. The van der Waals surface area contributed by atoms with Gasteiger partial charge in [-0.25, -0.2) is 0 Å². The molecule has 2 aromatic carbocycles. The molecule has 0 unspecified atom stereocenters. The lowest BCUT2D eigenvalue weighted by Gasteiger charge is -2.17. The molecule has 3 rings (SSSR count). The molecule has 0 aliphatic heterocycles. The molecule has 1 amide bonds. The summed E-state index contributed by atoms with van der Waals surface area (Å²) in [7, 11) is 1.86. The maximum atomic E-state index is 12.5. The fourth-order valence-electron chi connectivity index (χ4n) is 2.79. The molecule has 22 heavy (non-hydrogen) atoms. The van der Waals surface area contributed by atoms with Crippen LogP contribution in [0.3, 0.4) is 0 Å². The molecule has 0 saturated heterocycles. The minimum Gasteiger partial charge on any atom is -0.358 e. The van der Waals surface area contributed by atoms with Gasteiger partial charge >= 0.3 is 0 Å². The summed E-state index contributed by atoms with van der Waals surface area (Å²) in [5.41, 5.74) is 4.41. The van der Waals surface area contributed by atoms with E-state index in [1.807, 2.05) is 62.5 Å². The van der Waals surface area contributed by atoms with Gasteiger partial charge in [-0.05, 0) is 24.1 Å². The van der Waals surface area contributed by atoms with Gasteiger partial charge in [0.15, 0.2) is 0 Å². The highest BCUT2D eigenvalue weighted by Crippen LogP contribution is 2.22. The first-order valence-electron chi connectivity index (χ1n) is 7.49. The second-order valence-electron chi connectivity index (χ2n) is 5.69. The third-order valence-electron chi connectivity index (χ3n) is 4.04. The molecule has 0 fully saturated rings. The number of H-pyrrole nitrogens is 1. The number of carbonyl (C=O) groups excluding carboxylic acids is 1. The zero-order valence-corrected chi connectivity index (χ0v) is 13.0. The second-order valence-corrected chi connectivity index (χ2v) is 5.69. The van der Waals surface area contributed by atoms with Gasteiger partial charge in [-0.1, -0.05) is 48.5 Å². The minimum atomic E-state index is 0.136. The van der Waals surface area contributed by atoms with Gasteiger partial charge in [-0.15, -0.1) is 0 Å². The predicted octanol–water partition coefficient (Wildman–Crippen LogP) is 3.68. The third-order valence-corrected chi connectivity index (χ3v) is 4.04. The van der Waals surface area contributed by atoms with E-state index >= 15 is 0 Å². The van der Waals surface area contributed by atoms with Crippen molar-refractivity contribution in [2.45, 2.75) is 19.9 Å². The molecule has 0 aliphatic carbocycles. The lowest BCUT2D eigenvalue weighted by atomic mass is 10.1. The molecule has 0 aliphatic rings. The number of aryl methyl sites for hydroxylation is 1. The van der Waals surface area contributed by atoms with Gasteiger partial charge in [0.05, 0.1) is 6.42 Å². The SMILES string of the molecule is Cc1[nH]c2ccccc2c1CC(=O)N(C)Cc1ccccc1. The maximum absolute atomic E-state index is 12.5. The molecule has 0 spiro atoms. The molecule has 0 saturated carbocycles. The molecule has 0 atom stereocenters. The Balaban J connectivity index is 1.77. The summed E-state index contributed by atoms with van der Waals surface area (Å²) in [5, 5.41) is 1.14. The van der Waals surface area contributed by atoms with Gasteiger partial charge < -0.3 is 9.88 Å². The number of fused-ring (bicyclic) bond motifs is 1. The van der Waals surface area contributed by atoms with Crippen LogP contribution in [0.15, 0.2) is 54.6 Å². The van der Waals surface area contributed by atoms with E-state index in [-0.39, 0.29) is 5.91 Å². The van der Waals surface area contributed by atoms with E-state index in [1.54, 1.807) is 4.90 Å². The average Bonchev–Trinajstić information content (AvgIpc) is 2.84.